The van der Waals surface area contributed by atoms with E-state index in [-0.39, 0.29) is 18.7 Å². The van der Waals surface area contributed by atoms with Crippen LogP contribution in [0.1, 0.15) is 12.8 Å². The molecule has 0 aliphatic heterocycles. The van der Waals surface area contributed by atoms with Crippen molar-refractivity contribution in [2.24, 2.45) is 5.92 Å². The number of rotatable bonds is 4. The number of amides is 2. The van der Waals surface area contributed by atoms with E-state index in [1.165, 1.54) is 0 Å². The number of urea groups is 1. The third-order valence-electron chi connectivity index (χ3n) is 4.64. The van der Waals surface area contributed by atoms with E-state index in [0.29, 0.717) is 11.7 Å². The van der Waals surface area contributed by atoms with E-state index in [2.05, 4.69) is 15.6 Å². The quantitative estimate of drug-likeness (QED) is 0.685. The van der Waals surface area contributed by atoms with Crippen molar-refractivity contribution in [3.8, 4) is 11.3 Å². The predicted molar refractivity (Wildman–Crippen MR) is 96.4 cm³/mol. The average molecular weight is 336 g/mol. The number of aliphatic hydroxyl groups excluding tert-OH is 1. The standard InChI is InChI=1S/C19H20N4O2/c24-12-13-10-15(11-13)20-19(25)22-18-17(14-6-2-1-3-7-14)21-16-8-4-5-9-23(16)18/h1-9,13,15,24H,10-12H2,(H2,20,22,25). The van der Waals surface area contributed by atoms with Gasteiger partial charge in [0.15, 0.2) is 0 Å². The van der Waals surface area contributed by atoms with Crippen molar-refractivity contribution >= 4 is 17.5 Å². The monoisotopic (exact) mass is 336 g/mol. The van der Waals surface area contributed by atoms with E-state index in [1.807, 2.05) is 59.1 Å². The lowest BCUT2D eigenvalue weighted by Gasteiger charge is -2.34. The van der Waals surface area contributed by atoms with Crippen molar-refractivity contribution in [3.63, 3.8) is 0 Å². The third kappa shape index (κ3) is 3.08. The lowest BCUT2D eigenvalue weighted by Crippen LogP contribution is -2.47. The van der Waals surface area contributed by atoms with Crippen LogP contribution in [0.3, 0.4) is 0 Å². The maximum atomic E-state index is 12.4. The molecule has 1 aliphatic rings. The van der Waals surface area contributed by atoms with Crippen LogP contribution in [0.15, 0.2) is 54.7 Å². The van der Waals surface area contributed by atoms with E-state index >= 15 is 0 Å². The summed E-state index contributed by atoms with van der Waals surface area (Å²) in [6.45, 7) is 0.186. The summed E-state index contributed by atoms with van der Waals surface area (Å²) in [4.78, 5) is 17.1. The largest absolute Gasteiger partial charge is 0.396 e. The van der Waals surface area contributed by atoms with Gasteiger partial charge in [0, 0.05) is 24.4 Å². The Hall–Kier alpha value is -2.86. The number of anilines is 1. The Kier molecular flexibility index (Phi) is 4.11. The molecule has 3 aromatic rings. The van der Waals surface area contributed by atoms with Crippen LogP contribution in [0.4, 0.5) is 10.6 Å². The Morgan fingerprint density at radius 2 is 1.92 bits per heavy atom. The Balaban J connectivity index is 1.60. The highest BCUT2D eigenvalue weighted by molar-refractivity contribution is 5.93. The summed E-state index contributed by atoms with van der Waals surface area (Å²) in [6, 6.07) is 15.4. The normalized spacial score (nSPS) is 19.4. The van der Waals surface area contributed by atoms with E-state index in [0.717, 1.165) is 29.7 Å². The van der Waals surface area contributed by atoms with Crippen LogP contribution < -0.4 is 10.6 Å². The van der Waals surface area contributed by atoms with Crippen LogP contribution in [0.5, 0.6) is 0 Å². The minimum Gasteiger partial charge on any atom is -0.396 e. The first-order valence-corrected chi connectivity index (χ1v) is 8.45. The number of nitrogens with one attached hydrogen (secondary N) is 2. The molecule has 0 spiro atoms. The molecule has 2 aromatic heterocycles. The number of hydrogen-bond donors (Lipinski definition) is 3. The zero-order valence-corrected chi connectivity index (χ0v) is 13.7. The topological polar surface area (TPSA) is 78.7 Å². The van der Waals surface area contributed by atoms with Gasteiger partial charge < -0.3 is 10.4 Å². The molecule has 2 heterocycles. The summed E-state index contributed by atoms with van der Waals surface area (Å²) >= 11 is 0. The van der Waals surface area contributed by atoms with Crippen LogP contribution in [0, 0.1) is 5.92 Å². The average Bonchev–Trinajstić information content (AvgIpc) is 2.97. The number of carbonyl (C=O) groups is 1. The van der Waals surface area contributed by atoms with Crippen molar-refractivity contribution in [1.29, 1.82) is 0 Å². The summed E-state index contributed by atoms with van der Waals surface area (Å²) < 4.78 is 1.87. The summed E-state index contributed by atoms with van der Waals surface area (Å²) in [6.07, 6.45) is 3.53. The van der Waals surface area contributed by atoms with Crippen molar-refractivity contribution < 1.29 is 9.90 Å². The molecule has 3 N–H and O–H groups in total. The van der Waals surface area contributed by atoms with Gasteiger partial charge in [0.2, 0.25) is 0 Å². The molecule has 6 heteroatoms. The number of nitrogens with zero attached hydrogens (tertiary/aromatic N) is 2. The first-order chi connectivity index (χ1) is 12.2. The van der Waals surface area contributed by atoms with Crippen LogP contribution >= 0.6 is 0 Å². The smallest absolute Gasteiger partial charge is 0.320 e. The van der Waals surface area contributed by atoms with Crippen LogP contribution in [0.2, 0.25) is 0 Å². The highest BCUT2D eigenvalue weighted by Gasteiger charge is 2.30. The van der Waals surface area contributed by atoms with Gasteiger partial charge in [-0.3, -0.25) is 9.72 Å². The molecule has 1 aliphatic carbocycles. The molecule has 0 bridgehead atoms. The number of pyridine rings is 1. The maximum absolute atomic E-state index is 12.4. The third-order valence-corrected chi connectivity index (χ3v) is 4.64. The highest BCUT2D eigenvalue weighted by Crippen LogP contribution is 2.29. The fourth-order valence-electron chi connectivity index (χ4n) is 3.24. The molecule has 1 fully saturated rings. The lowest BCUT2D eigenvalue weighted by atomic mass is 9.81. The van der Waals surface area contributed by atoms with Gasteiger partial charge in [-0.05, 0) is 30.9 Å². The Labute approximate surface area is 145 Å². The molecule has 1 saturated carbocycles. The van der Waals surface area contributed by atoms with Gasteiger partial charge in [-0.1, -0.05) is 36.4 Å². The predicted octanol–water partition coefficient (Wildman–Crippen LogP) is 2.89. The van der Waals surface area contributed by atoms with Gasteiger partial charge in [0.25, 0.3) is 0 Å². The molecule has 0 radical (unpaired) electrons. The number of imidazole rings is 1. The second kappa shape index (κ2) is 6.57. The number of fused-ring (bicyclic) bond motifs is 1. The van der Waals surface area contributed by atoms with Crippen molar-refractivity contribution in [2.75, 3.05) is 11.9 Å². The molecule has 4 rings (SSSR count). The number of hydrogen-bond acceptors (Lipinski definition) is 3. The molecular weight excluding hydrogens is 316 g/mol. The van der Waals surface area contributed by atoms with E-state index in [4.69, 9.17) is 5.11 Å². The molecule has 0 atom stereocenters. The van der Waals surface area contributed by atoms with Crippen LogP contribution in [0.25, 0.3) is 16.9 Å². The molecule has 2 amide bonds. The molecule has 128 valence electrons. The van der Waals surface area contributed by atoms with Gasteiger partial charge in [-0.2, -0.15) is 0 Å². The summed E-state index contributed by atoms with van der Waals surface area (Å²) in [5.41, 5.74) is 2.47. The van der Waals surface area contributed by atoms with Crippen LogP contribution in [-0.4, -0.2) is 33.2 Å². The maximum Gasteiger partial charge on any atom is 0.320 e. The summed E-state index contributed by atoms with van der Waals surface area (Å²) in [7, 11) is 0. The molecule has 0 saturated heterocycles. The van der Waals surface area contributed by atoms with E-state index < -0.39 is 0 Å². The van der Waals surface area contributed by atoms with Gasteiger partial charge in [0.1, 0.15) is 17.2 Å². The molecule has 0 unspecified atom stereocenters. The zero-order valence-electron chi connectivity index (χ0n) is 13.7. The number of benzene rings is 1. The molecule has 25 heavy (non-hydrogen) atoms. The Bertz CT molecular complexity index is 885. The van der Waals surface area contributed by atoms with Gasteiger partial charge in [-0.15, -0.1) is 0 Å². The van der Waals surface area contributed by atoms with Crippen molar-refractivity contribution in [3.05, 3.63) is 54.7 Å². The van der Waals surface area contributed by atoms with Gasteiger partial charge >= 0.3 is 6.03 Å². The van der Waals surface area contributed by atoms with E-state index in [1.54, 1.807) is 0 Å². The molecular formula is C19H20N4O2. The summed E-state index contributed by atoms with van der Waals surface area (Å²) in [5.74, 6) is 0.957. The second-order valence-electron chi connectivity index (χ2n) is 6.42. The van der Waals surface area contributed by atoms with Crippen molar-refractivity contribution in [2.45, 2.75) is 18.9 Å². The lowest BCUT2D eigenvalue weighted by molar-refractivity contribution is 0.130. The molecule has 1 aromatic carbocycles. The van der Waals surface area contributed by atoms with E-state index in [9.17, 15) is 4.79 Å². The Morgan fingerprint density at radius 1 is 1.16 bits per heavy atom. The SMILES string of the molecule is O=C(Nc1c(-c2ccccc2)nc2ccccn12)NC1CC(CO)C1. The first-order valence-electron chi connectivity index (χ1n) is 8.45. The second-order valence-corrected chi connectivity index (χ2v) is 6.42. The Morgan fingerprint density at radius 3 is 2.68 bits per heavy atom. The summed E-state index contributed by atoms with van der Waals surface area (Å²) in [5, 5.41) is 15.0. The molecule has 6 nitrogen and oxygen atoms in total. The first kappa shape index (κ1) is 15.7. The number of aromatic nitrogens is 2. The zero-order chi connectivity index (χ0) is 17.2. The van der Waals surface area contributed by atoms with Crippen LogP contribution in [-0.2, 0) is 0 Å². The number of aliphatic hydroxyl groups is 1. The minimum atomic E-state index is -0.246. The number of carbonyl (C=O) groups excluding carboxylic acids is 1. The van der Waals surface area contributed by atoms with Crippen molar-refractivity contribution in [1.82, 2.24) is 14.7 Å². The van der Waals surface area contributed by atoms with Gasteiger partial charge in [-0.25, -0.2) is 9.78 Å². The highest BCUT2D eigenvalue weighted by atomic mass is 16.3. The van der Waals surface area contributed by atoms with Gasteiger partial charge in [0.05, 0.1) is 0 Å². The minimum absolute atomic E-state index is 0.122. The fourth-order valence-corrected chi connectivity index (χ4v) is 3.24. The fraction of sp³-hybridized carbons (Fsp3) is 0.263.